The highest BCUT2D eigenvalue weighted by molar-refractivity contribution is 8.01. The molecule has 29 heavy (non-hydrogen) atoms. The number of carbonyl (C=O) groups excluding carboxylic acids is 4. The second kappa shape index (κ2) is 9.24. The van der Waals surface area contributed by atoms with Crippen molar-refractivity contribution in [2.75, 3.05) is 24.4 Å². The fraction of sp³-hybridized carbons (Fsp3) is 0.200. The maximum absolute atomic E-state index is 12.1. The minimum absolute atomic E-state index is 0.170. The van der Waals surface area contributed by atoms with E-state index in [4.69, 9.17) is 4.74 Å². The van der Waals surface area contributed by atoms with E-state index < -0.39 is 29.7 Å². The zero-order chi connectivity index (χ0) is 20.8. The number of anilines is 2. The quantitative estimate of drug-likeness (QED) is 0.699. The van der Waals surface area contributed by atoms with E-state index in [0.717, 1.165) is 4.90 Å². The van der Waals surface area contributed by atoms with Crippen LogP contribution in [0.1, 0.15) is 16.8 Å². The van der Waals surface area contributed by atoms with E-state index in [9.17, 15) is 19.2 Å². The van der Waals surface area contributed by atoms with Crippen molar-refractivity contribution < 1.29 is 28.7 Å². The minimum atomic E-state index is -0.673. The Kier molecular flexibility index (Phi) is 6.50. The summed E-state index contributed by atoms with van der Waals surface area (Å²) in [6, 6.07) is 13.6. The number of thioether (sulfide) groups is 1. The van der Waals surface area contributed by atoms with Gasteiger partial charge in [0.25, 0.3) is 5.91 Å². The summed E-state index contributed by atoms with van der Waals surface area (Å²) in [5, 5.41) is 4.61. The lowest BCUT2D eigenvalue weighted by Crippen LogP contribution is -2.32. The summed E-state index contributed by atoms with van der Waals surface area (Å²) in [6.45, 7) is -0.538. The van der Waals surface area contributed by atoms with Crippen LogP contribution >= 0.6 is 11.8 Å². The predicted octanol–water partition coefficient (Wildman–Crippen LogP) is 2.46. The number of methoxy groups -OCH3 is 1. The number of carbonyl (C=O) groups is 4. The smallest absolute Gasteiger partial charge is 0.339 e. The fourth-order valence-electron chi connectivity index (χ4n) is 2.65. The summed E-state index contributed by atoms with van der Waals surface area (Å²) in [7, 11) is 1.24. The van der Waals surface area contributed by atoms with Gasteiger partial charge in [0.15, 0.2) is 6.61 Å². The first-order chi connectivity index (χ1) is 14.0. The number of fused-ring (bicyclic) bond motifs is 1. The molecule has 0 saturated heterocycles. The van der Waals surface area contributed by atoms with Gasteiger partial charge in [-0.2, -0.15) is 0 Å². The molecule has 2 amide bonds. The van der Waals surface area contributed by atoms with Gasteiger partial charge in [-0.25, -0.2) is 4.79 Å². The number of nitrogens with one attached hydrogen (secondary N) is 2. The molecule has 0 spiro atoms. The Morgan fingerprint density at radius 2 is 1.83 bits per heavy atom. The van der Waals surface area contributed by atoms with Gasteiger partial charge >= 0.3 is 11.9 Å². The largest absolute Gasteiger partial charge is 0.465 e. The molecule has 150 valence electrons. The maximum atomic E-state index is 12.1. The Morgan fingerprint density at radius 1 is 1.10 bits per heavy atom. The van der Waals surface area contributed by atoms with Crippen LogP contribution in [-0.4, -0.2) is 42.7 Å². The van der Waals surface area contributed by atoms with Crippen molar-refractivity contribution >= 4 is 46.9 Å². The lowest BCUT2D eigenvalue weighted by molar-refractivity contribution is -0.147. The molecule has 0 radical (unpaired) electrons. The fourth-order valence-corrected chi connectivity index (χ4v) is 3.74. The lowest BCUT2D eigenvalue weighted by atomic mass is 10.2. The third-order valence-electron chi connectivity index (χ3n) is 4.03. The molecule has 1 atom stereocenters. The summed E-state index contributed by atoms with van der Waals surface area (Å²) in [4.78, 5) is 48.9. The van der Waals surface area contributed by atoms with Gasteiger partial charge in [-0.15, -0.1) is 11.8 Å². The van der Waals surface area contributed by atoms with E-state index in [2.05, 4.69) is 15.4 Å². The van der Waals surface area contributed by atoms with Gasteiger partial charge in [-0.05, 0) is 24.3 Å². The molecule has 9 heteroatoms. The van der Waals surface area contributed by atoms with Crippen molar-refractivity contribution in [3.63, 3.8) is 0 Å². The molecule has 3 rings (SSSR count). The number of para-hydroxylation sites is 2. The second-order valence-electron chi connectivity index (χ2n) is 6.04. The maximum Gasteiger partial charge on any atom is 0.339 e. The molecule has 1 aliphatic heterocycles. The highest BCUT2D eigenvalue weighted by Crippen LogP contribution is 2.36. The molecule has 2 N–H and O–H groups in total. The standard InChI is InChI=1S/C20H18N2O6S/c1-27-20(26)12-6-2-3-7-13(12)21-17(23)11-28-18(24)10-16-19(25)22-14-8-4-5-9-15(14)29-16/h2-9,16H,10-11H2,1H3,(H,21,23)(H,22,25). The molecule has 0 bridgehead atoms. The minimum Gasteiger partial charge on any atom is -0.465 e. The average molecular weight is 414 g/mol. The number of esters is 2. The highest BCUT2D eigenvalue weighted by atomic mass is 32.2. The number of benzene rings is 2. The van der Waals surface area contributed by atoms with Crippen LogP contribution in [0.15, 0.2) is 53.4 Å². The van der Waals surface area contributed by atoms with Crippen LogP contribution in [0.2, 0.25) is 0 Å². The van der Waals surface area contributed by atoms with E-state index in [-0.39, 0.29) is 23.6 Å². The van der Waals surface area contributed by atoms with Crippen LogP contribution in [0.3, 0.4) is 0 Å². The SMILES string of the molecule is COC(=O)c1ccccc1NC(=O)COC(=O)CC1Sc2ccccc2NC1=O. The second-order valence-corrected chi connectivity index (χ2v) is 7.29. The average Bonchev–Trinajstić information content (AvgIpc) is 2.72. The molecule has 1 unspecified atom stereocenters. The van der Waals surface area contributed by atoms with E-state index in [1.807, 2.05) is 18.2 Å². The van der Waals surface area contributed by atoms with Crippen molar-refractivity contribution in [1.29, 1.82) is 0 Å². The molecule has 8 nitrogen and oxygen atoms in total. The normalized spacial score (nSPS) is 14.9. The molecule has 0 fully saturated rings. The predicted molar refractivity (Wildman–Crippen MR) is 107 cm³/mol. The van der Waals surface area contributed by atoms with Crippen molar-refractivity contribution in [1.82, 2.24) is 0 Å². The molecular weight excluding hydrogens is 396 g/mol. The zero-order valence-electron chi connectivity index (χ0n) is 15.5. The number of ether oxygens (including phenoxy) is 2. The molecule has 0 aromatic heterocycles. The summed E-state index contributed by atoms with van der Waals surface area (Å²) in [6.07, 6.45) is -0.170. The van der Waals surface area contributed by atoms with E-state index in [1.165, 1.54) is 31.0 Å². The lowest BCUT2D eigenvalue weighted by Gasteiger charge is -2.23. The third-order valence-corrected chi connectivity index (χ3v) is 5.30. The summed E-state index contributed by atoms with van der Waals surface area (Å²) in [5.41, 5.74) is 1.14. The van der Waals surface area contributed by atoms with Crippen LogP contribution in [0.4, 0.5) is 11.4 Å². The van der Waals surface area contributed by atoms with Gasteiger partial charge in [-0.3, -0.25) is 14.4 Å². The Morgan fingerprint density at radius 3 is 2.62 bits per heavy atom. The summed E-state index contributed by atoms with van der Waals surface area (Å²) >= 11 is 1.27. The van der Waals surface area contributed by atoms with Crippen LogP contribution in [0.25, 0.3) is 0 Å². The van der Waals surface area contributed by atoms with Gasteiger partial charge in [0.1, 0.15) is 0 Å². The molecule has 0 saturated carbocycles. The van der Waals surface area contributed by atoms with Gasteiger partial charge in [0.05, 0.1) is 35.7 Å². The molecule has 2 aromatic carbocycles. The van der Waals surface area contributed by atoms with Gasteiger partial charge in [0, 0.05) is 4.90 Å². The van der Waals surface area contributed by atoms with Crippen molar-refractivity contribution in [3.8, 4) is 0 Å². The molecule has 2 aromatic rings. The van der Waals surface area contributed by atoms with Crippen LogP contribution < -0.4 is 10.6 Å². The number of hydrogen-bond donors (Lipinski definition) is 2. The van der Waals surface area contributed by atoms with E-state index >= 15 is 0 Å². The van der Waals surface area contributed by atoms with Crippen LogP contribution in [0, 0.1) is 0 Å². The van der Waals surface area contributed by atoms with E-state index in [0.29, 0.717) is 5.69 Å². The zero-order valence-corrected chi connectivity index (χ0v) is 16.3. The first-order valence-corrected chi connectivity index (χ1v) is 9.55. The molecule has 0 aliphatic carbocycles. The van der Waals surface area contributed by atoms with Gasteiger partial charge < -0.3 is 20.1 Å². The molecule has 1 aliphatic rings. The number of amides is 2. The van der Waals surface area contributed by atoms with Crippen molar-refractivity contribution in [3.05, 3.63) is 54.1 Å². The Bertz CT molecular complexity index is 961. The number of rotatable bonds is 6. The van der Waals surface area contributed by atoms with Crippen molar-refractivity contribution in [2.24, 2.45) is 0 Å². The first-order valence-electron chi connectivity index (χ1n) is 8.67. The molecular formula is C20H18N2O6S. The van der Waals surface area contributed by atoms with Crippen LogP contribution in [0.5, 0.6) is 0 Å². The topological polar surface area (TPSA) is 111 Å². The van der Waals surface area contributed by atoms with Crippen LogP contribution in [-0.2, 0) is 23.9 Å². The Balaban J connectivity index is 1.52. The Hall–Kier alpha value is -3.33. The monoisotopic (exact) mass is 414 g/mol. The molecule has 1 heterocycles. The third kappa shape index (κ3) is 5.14. The summed E-state index contributed by atoms with van der Waals surface area (Å²) < 4.78 is 9.64. The summed E-state index contributed by atoms with van der Waals surface area (Å²) in [5.74, 6) is -2.17. The number of hydrogen-bond acceptors (Lipinski definition) is 7. The van der Waals surface area contributed by atoms with E-state index in [1.54, 1.807) is 18.2 Å². The Labute approximate surface area is 170 Å². The highest BCUT2D eigenvalue weighted by Gasteiger charge is 2.29. The van der Waals surface area contributed by atoms with Gasteiger partial charge in [-0.1, -0.05) is 24.3 Å². The first kappa shape index (κ1) is 20.4. The van der Waals surface area contributed by atoms with Gasteiger partial charge in [0.2, 0.25) is 5.91 Å². The van der Waals surface area contributed by atoms with Crippen molar-refractivity contribution in [2.45, 2.75) is 16.6 Å².